The Morgan fingerprint density at radius 1 is 1.31 bits per heavy atom. The monoisotopic (exact) mass is 206 g/mol. The maximum Gasteiger partial charge on any atom is 0.253 e. The van der Waals surface area contributed by atoms with Crippen LogP contribution in [0.15, 0.2) is 0 Å². The first-order valence-electron chi connectivity index (χ1n) is 4.23. The van der Waals surface area contributed by atoms with Crippen LogP contribution in [0.2, 0.25) is 0 Å². The van der Waals surface area contributed by atoms with Crippen molar-refractivity contribution in [1.29, 1.82) is 0 Å². The zero-order valence-electron chi connectivity index (χ0n) is 7.89. The van der Waals surface area contributed by atoms with E-state index in [1.807, 2.05) is 13.8 Å². The Morgan fingerprint density at radius 3 is 2.31 bits per heavy atom. The van der Waals surface area contributed by atoms with Gasteiger partial charge in [0.1, 0.15) is 5.88 Å². The van der Waals surface area contributed by atoms with Gasteiger partial charge >= 0.3 is 0 Å². The Balaban J connectivity index is 3.57. The number of nitrogens with one attached hydrogen (secondary N) is 2. The number of rotatable bonds is 4. The van der Waals surface area contributed by atoms with E-state index in [9.17, 15) is 9.59 Å². The van der Waals surface area contributed by atoms with E-state index in [0.29, 0.717) is 12.3 Å². The topological polar surface area (TPSA) is 58.2 Å². The molecule has 0 unspecified atom stereocenters. The second-order valence-corrected chi connectivity index (χ2v) is 3.21. The molecule has 2 N–H and O–H groups in total. The van der Waals surface area contributed by atoms with Crippen LogP contribution in [-0.4, -0.2) is 17.7 Å². The minimum atomic E-state index is -0.404. The van der Waals surface area contributed by atoms with Crippen LogP contribution in [0.25, 0.3) is 0 Å². The van der Waals surface area contributed by atoms with Gasteiger partial charge in [-0.15, -0.1) is 11.6 Å². The van der Waals surface area contributed by atoms with Crippen molar-refractivity contribution in [2.45, 2.75) is 26.7 Å². The summed E-state index contributed by atoms with van der Waals surface area (Å²) in [7, 11) is 0. The van der Waals surface area contributed by atoms with Crippen LogP contribution >= 0.6 is 11.6 Å². The van der Waals surface area contributed by atoms with Crippen molar-refractivity contribution in [2.75, 3.05) is 5.88 Å². The van der Waals surface area contributed by atoms with Crippen molar-refractivity contribution < 1.29 is 9.59 Å². The normalized spacial score (nSPS) is 11.9. The maximum atomic E-state index is 11.1. The third-order valence-electron chi connectivity index (χ3n) is 1.69. The Hall–Kier alpha value is -0.770. The van der Waals surface area contributed by atoms with Crippen LogP contribution in [0.1, 0.15) is 26.7 Å². The molecule has 0 aromatic carbocycles. The number of halogens is 1. The van der Waals surface area contributed by atoms with Crippen LogP contribution < -0.4 is 10.9 Å². The molecule has 0 saturated heterocycles. The number of carbonyl (C=O) groups excluding carboxylic acids is 2. The second kappa shape index (κ2) is 6.71. The van der Waals surface area contributed by atoms with E-state index < -0.39 is 5.91 Å². The molecule has 13 heavy (non-hydrogen) atoms. The first-order valence-corrected chi connectivity index (χ1v) is 4.77. The highest BCUT2D eigenvalue weighted by molar-refractivity contribution is 6.27. The molecule has 0 heterocycles. The number of hydrogen-bond donors (Lipinski definition) is 2. The maximum absolute atomic E-state index is 11.1. The molecular weight excluding hydrogens is 192 g/mol. The van der Waals surface area contributed by atoms with E-state index in [-0.39, 0.29) is 11.8 Å². The summed E-state index contributed by atoms with van der Waals surface area (Å²) in [6.45, 7) is 3.98. The number of carbonyl (C=O) groups is 2. The predicted molar refractivity (Wildman–Crippen MR) is 51.1 cm³/mol. The van der Waals surface area contributed by atoms with Crippen molar-refractivity contribution in [3.63, 3.8) is 0 Å². The summed E-state index contributed by atoms with van der Waals surface area (Å²) in [5.41, 5.74) is 4.47. The summed E-state index contributed by atoms with van der Waals surface area (Å²) >= 11 is 5.21. The predicted octanol–water partition coefficient (Wildman–Crippen LogP) is 0.809. The molecule has 0 aromatic heterocycles. The Bertz CT molecular complexity index is 185. The smallest absolute Gasteiger partial charge is 0.253 e. The van der Waals surface area contributed by atoms with Crippen molar-refractivity contribution >= 4 is 23.4 Å². The Morgan fingerprint density at radius 2 is 1.85 bits per heavy atom. The van der Waals surface area contributed by atoms with Gasteiger partial charge in [0.05, 0.1) is 0 Å². The number of amides is 2. The average molecular weight is 207 g/mol. The van der Waals surface area contributed by atoms with E-state index in [4.69, 9.17) is 11.6 Å². The van der Waals surface area contributed by atoms with E-state index in [1.165, 1.54) is 0 Å². The lowest BCUT2D eigenvalue weighted by atomic mass is 10.1. The summed E-state index contributed by atoms with van der Waals surface area (Å²) in [5.74, 6) is -0.413. The van der Waals surface area contributed by atoms with Gasteiger partial charge in [-0.3, -0.25) is 20.4 Å². The zero-order valence-corrected chi connectivity index (χ0v) is 8.65. The first-order chi connectivity index (χ1) is 6.10. The number of alkyl halides is 1. The molecule has 0 aromatic rings. The van der Waals surface area contributed by atoms with Crippen LogP contribution in [-0.2, 0) is 9.59 Å². The van der Waals surface area contributed by atoms with Crippen LogP contribution in [0, 0.1) is 5.92 Å². The lowest BCUT2D eigenvalue weighted by Gasteiger charge is -2.09. The lowest BCUT2D eigenvalue weighted by Crippen LogP contribution is -2.42. The summed E-state index contributed by atoms with van der Waals surface area (Å²) < 4.78 is 0. The van der Waals surface area contributed by atoms with Gasteiger partial charge in [-0.25, -0.2) is 0 Å². The largest absolute Gasteiger partial charge is 0.273 e. The molecule has 0 bridgehead atoms. The van der Waals surface area contributed by atoms with Crippen molar-refractivity contribution in [3.05, 3.63) is 0 Å². The van der Waals surface area contributed by atoms with Gasteiger partial charge in [-0.1, -0.05) is 20.3 Å². The van der Waals surface area contributed by atoms with E-state index >= 15 is 0 Å². The highest BCUT2D eigenvalue weighted by Crippen LogP contribution is 2.04. The van der Waals surface area contributed by atoms with Crippen molar-refractivity contribution in [3.8, 4) is 0 Å². The van der Waals surface area contributed by atoms with E-state index in [2.05, 4.69) is 10.9 Å². The lowest BCUT2D eigenvalue weighted by molar-refractivity contribution is -0.128. The van der Waals surface area contributed by atoms with Crippen LogP contribution in [0.4, 0.5) is 0 Å². The molecule has 1 atom stereocenters. The standard InChI is InChI=1S/C8H15ClN2O2/c1-3-6(2)4-7(12)10-11-8(13)5-9/h6H,3-5H2,1-2H3,(H,10,12)(H,11,13)/t6-/m0/s1. The first kappa shape index (κ1) is 12.2. The van der Waals surface area contributed by atoms with Gasteiger partial charge in [0, 0.05) is 6.42 Å². The molecule has 5 heteroatoms. The molecule has 0 aliphatic rings. The Kier molecular flexibility index (Phi) is 6.32. The van der Waals surface area contributed by atoms with Gasteiger partial charge in [-0.05, 0) is 5.92 Å². The SMILES string of the molecule is CC[C@H](C)CC(=O)NNC(=O)CCl. The van der Waals surface area contributed by atoms with Crippen molar-refractivity contribution in [2.24, 2.45) is 5.92 Å². The molecule has 2 amide bonds. The molecule has 4 nitrogen and oxygen atoms in total. The summed E-state index contributed by atoms with van der Waals surface area (Å²) in [6, 6.07) is 0. The molecule has 0 aliphatic heterocycles. The van der Waals surface area contributed by atoms with Gasteiger partial charge in [0.25, 0.3) is 5.91 Å². The van der Waals surface area contributed by atoms with E-state index in [0.717, 1.165) is 6.42 Å². The third-order valence-corrected chi connectivity index (χ3v) is 1.94. The molecule has 0 rings (SSSR count). The second-order valence-electron chi connectivity index (χ2n) is 2.95. The average Bonchev–Trinajstić information content (AvgIpc) is 2.13. The highest BCUT2D eigenvalue weighted by atomic mass is 35.5. The van der Waals surface area contributed by atoms with Gasteiger partial charge in [0.15, 0.2) is 0 Å². The molecule has 0 spiro atoms. The summed E-state index contributed by atoms with van der Waals surface area (Å²) in [6.07, 6.45) is 1.36. The molecule has 76 valence electrons. The fourth-order valence-corrected chi connectivity index (χ4v) is 0.752. The van der Waals surface area contributed by atoms with Gasteiger partial charge in [0.2, 0.25) is 5.91 Å². The fourth-order valence-electron chi connectivity index (χ4n) is 0.685. The van der Waals surface area contributed by atoms with Gasteiger partial charge < -0.3 is 0 Å². The van der Waals surface area contributed by atoms with Crippen LogP contribution in [0.3, 0.4) is 0 Å². The van der Waals surface area contributed by atoms with Gasteiger partial charge in [-0.2, -0.15) is 0 Å². The summed E-state index contributed by atoms with van der Waals surface area (Å²) in [5, 5.41) is 0. The van der Waals surface area contributed by atoms with Crippen molar-refractivity contribution in [1.82, 2.24) is 10.9 Å². The quantitative estimate of drug-likeness (QED) is 0.528. The molecule has 0 aliphatic carbocycles. The number of hydrogen-bond acceptors (Lipinski definition) is 2. The molecular formula is C8H15ClN2O2. The third kappa shape index (κ3) is 6.40. The van der Waals surface area contributed by atoms with E-state index in [1.54, 1.807) is 0 Å². The Labute approximate surface area is 83.0 Å². The minimum absolute atomic E-state index is 0.149. The minimum Gasteiger partial charge on any atom is -0.273 e. The molecule has 0 fully saturated rings. The fraction of sp³-hybridized carbons (Fsp3) is 0.750. The highest BCUT2D eigenvalue weighted by Gasteiger charge is 2.07. The molecule has 0 saturated carbocycles. The number of hydrazine groups is 1. The molecule has 0 radical (unpaired) electrons. The summed E-state index contributed by atoms with van der Waals surface area (Å²) in [4.78, 5) is 21.7. The zero-order chi connectivity index (χ0) is 10.3. The van der Waals surface area contributed by atoms with Crippen LogP contribution in [0.5, 0.6) is 0 Å².